The molecule has 0 bridgehead atoms. The second kappa shape index (κ2) is 5.53. The second-order valence-corrected chi connectivity index (χ2v) is 5.25. The Bertz CT molecular complexity index is 617. The zero-order valence-corrected chi connectivity index (χ0v) is 11.6. The molecule has 2 aromatic rings. The number of hydrogen-bond donors (Lipinski definition) is 2. The van der Waals surface area contributed by atoms with Gasteiger partial charge in [0, 0.05) is 24.0 Å². The first-order valence-corrected chi connectivity index (χ1v) is 7.05. The number of rotatable bonds is 5. The average molecular weight is 273 g/mol. The molecular formula is C15H19N3O2. The van der Waals surface area contributed by atoms with Crippen LogP contribution in [0.5, 0.6) is 5.75 Å². The minimum Gasteiger partial charge on any atom is -0.495 e. The molecule has 1 amide bonds. The summed E-state index contributed by atoms with van der Waals surface area (Å²) in [6, 6.07) is 1.97. The molecule has 0 atom stereocenters. The van der Waals surface area contributed by atoms with Gasteiger partial charge in [-0.2, -0.15) is 0 Å². The molecule has 2 aromatic heterocycles. The van der Waals surface area contributed by atoms with Crippen molar-refractivity contribution in [1.29, 1.82) is 0 Å². The van der Waals surface area contributed by atoms with Gasteiger partial charge in [-0.05, 0) is 30.9 Å². The van der Waals surface area contributed by atoms with Crippen LogP contribution in [0.4, 0.5) is 0 Å². The van der Waals surface area contributed by atoms with Gasteiger partial charge in [0.25, 0.3) is 0 Å². The Balaban J connectivity index is 1.63. The maximum absolute atomic E-state index is 11.8. The summed E-state index contributed by atoms with van der Waals surface area (Å²) in [6.07, 6.45) is 7.72. The molecule has 0 aromatic carbocycles. The number of nitrogens with one attached hydrogen (secondary N) is 2. The Kier molecular flexibility index (Phi) is 3.58. The van der Waals surface area contributed by atoms with Gasteiger partial charge in [0.15, 0.2) is 0 Å². The summed E-state index contributed by atoms with van der Waals surface area (Å²) in [7, 11) is 1.63. The van der Waals surface area contributed by atoms with E-state index in [4.69, 9.17) is 4.74 Å². The van der Waals surface area contributed by atoms with Crippen molar-refractivity contribution in [3.05, 3.63) is 24.0 Å². The number of carbonyl (C=O) groups is 1. The Labute approximate surface area is 117 Å². The van der Waals surface area contributed by atoms with E-state index in [9.17, 15) is 4.79 Å². The lowest BCUT2D eigenvalue weighted by atomic mass is 9.85. The second-order valence-electron chi connectivity index (χ2n) is 5.25. The highest BCUT2D eigenvalue weighted by Gasteiger charge is 2.24. The lowest BCUT2D eigenvalue weighted by molar-refractivity contribution is -0.127. The van der Waals surface area contributed by atoms with Crippen LogP contribution in [0.3, 0.4) is 0 Å². The summed E-state index contributed by atoms with van der Waals surface area (Å²) in [5.74, 6) is 1.20. The number of carbonyl (C=O) groups excluding carboxylic acids is 1. The molecule has 2 N–H and O–H groups in total. The maximum Gasteiger partial charge on any atom is 0.223 e. The number of methoxy groups -OCH3 is 1. The van der Waals surface area contributed by atoms with Gasteiger partial charge in [-0.1, -0.05) is 6.42 Å². The summed E-state index contributed by atoms with van der Waals surface area (Å²) in [6.45, 7) is 0.666. The molecular weight excluding hydrogens is 254 g/mol. The topological polar surface area (TPSA) is 67.0 Å². The molecule has 5 nitrogen and oxygen atoms in total. The summed E-state index contributed by atoms with van der Waals surface area (Å²) >= 11 is 0. The number of amides is 1. The van der Waals surface area contributed by atoms with Crippen molar-refractivity contribution in [3.8, 4) is 5.75 Å². The average Bonchev–Trinajstić information content (AvgIpc) is 2.79. The molecule has 1 saturated carbocycles. The van der Waals surface area contributed by atoms with Crippen LogP contribution in [0, 0.1) is 5.92 Å². The highest BCUT2D eigenvalue weighted by atomic mass is 16.5. The number of nitrogens with zero attached hydrogens (tertiary/aromatic N) is 1. The molecule has 1 fully saturated rings. The fourth-order valence-corrected chi connectivity index (χ4v) is 2.49. The molecule has 2 heterocycles. The fraction of sp³-hybridized carbons (Fsp3) is 0.467. The van der Waals surface area contributed by atoms with E-state index in [1.54, 1.807) is 13.3 Å². The molecule has 3 rings (SSSR count). The molecule has 5 heteroatoms. The number of fused-ring (bicyclic) bond motifs is 1. The Morgan fingerprint density at radius 3 is 3.10 bits per heavy atom. The van der Waals surface area contributed by atoms with Gasteiger partial charge in [-0.3, -0.25) is 4.79 Å². The van der Waals surface area contributed by atoms with Crippen LogP contribution < -0.4 is 10.1 Å². The van der Waals surface area contributed by atoms with Crippen molar-refractivity contribution >= 4 is 16.9 Å². The number of aromatic nitrogens is 2. The molecule has 0 radical (unpaired) electrons. The van der Waals surface area contributed by atoms with Crippen molar-refractivity contribution < 1.29 is 9.53 Å². The number of ether oxygens (including phenoxy) is 1. The molecule has 0 spiro atoms. The monoisotopic (exact) mass is 273 g/mol. The van der Waals surface area contributed by atoms with Gasteiger partial charge in [0.2, 0.25) is 5.91 Å². The molecule has 1 aliphatic carbocycles. The third-order valence-electron chi connectivity index (χ3n) is 4.00. The quantitative estimate of drug-likeness (QED) is 0.876. The zero-order chi connectivity index (χ0) is 13.9. The van der Waals surface area contributed by atoms with E-state index < -0.39 is 0 Å². The van der Waals surface area contributed by atoms with Crippen LogP contribution in [0.25, 0.3) is 11.0 Å². The van der Waals surface area contributed by atoms with Crippen LogP contribution in [0.15, 0.2) is 18.5 Å². The number of aromatic amines is 1. The third kappa shape index (κ3) is 2.48. The van der Waals surface area contributed by atoms with E-state index in [1.807, 2.05) is 12.3 Å². The van der Waals surface area contributed by atoms with Crippen LogP contribution >= 0.6 is 0 Å². The van der Waals surface area contributed by atoms with Crippen LogP contribution in [0.1, 0.15) is 24.8 Å². The smallest absolute Gasteiger partial charge is 0.223 e. The molecule has 0 unspecified atom stereocenters. The molecule has 106 valence electrons. The van der Waals surface area contributed by atoms with E-state index in [0.29, 0.717) is 6.54 Å². The normalized spacial score (nSPS) is 15.1. The van der Waals surface area contributed by atoms with Crippen LogP contribution in [-0.4, -0.2) is 29.5 Å². The molecule has 20 heavy (non-hydrogen) atoms. The van der Waals surface area contributed by atoms with Gasteiger partial charge >= 0.3 is 0 Å². The van der Waals surface area contributed by atoms with Crippen molar-refractivity contribution in [2.45, 2.75) is 25.7 Å². The Morgan fingerprint density at radius 1 is 1.55 bits per heavy atom. The van der Waals surface area contributed by atoms with Crippen molar-refractivity contribution in [1.82, 2.24) is 15.3 Å². The van der Waals surface area contributed by atoms with Gasteiger partial charge in [0.1, 0.15) is 11.4 Å². The van der Waals surface area contributed by atoms with E-state index in [0.717, 1.165) is 41.6 Å². The van der Waals surface area contributed by atoms with E-state index in [2.05, 4.69) is 15.3 Å². The SMILES string of the molecule is COc1cnc2[nH]cc(CCNC(=O)C3CCC3)c2c1. The lowest BCUT2D eigenvalue weighted by Gasteiger charge is -2.23. The number of H-pyrrole nitrogens is 1. The third-order valence-corrected chi connectivity index (χ3v) is 4.00. The largest absolute Gasteiger partial charge is 0.495 e. The summed E-state index contributed by atoms with van der Waals surface area (Å²) < 4.78 is 5.20. The fourth-order valence-electron chi connectivity index (χ4n) is 2.49. The summed E-state index contributed by atoms with van der Waals surface area (Å²) in [5.41, 5.74) is 2.01. The Hall–Kier alpha value is -2.04. The predicted molar refractivity (Wildman–Crippen MR) is 76.7 cm³/mol. The van der Waals surface area contributed by atoms with Gasteiger partial charge in [-0.25, -0.2) is 4.98 Å². The molecule has 1 aliphatic rings. The highest BCUT2D eigenvalue weighted by Crippen LogP contribution is 2.26. The first-order chi connectivity index (χ1) is 9.78. The standard InChI is InChI=1S/C15H19N3O2/c1-20-12-7-13-11(8-17-14(13)18-9-12)5-6-16-15(19)10-3-2-4-10/h7-10H,2-6H2,1H3,(H,16,19)(H,17,18). The maximum atomic E-state index is 11.8. The van der Waals surface area contributed by atoms with Crippen LogP contribution in [0.2, 0.25) is 0 Å². The minimum atomic E-state index is 0.201. The summed E-state index contributed by atoms with van der Waals surface area (Å²) in [4.78, 5) is 19.2. The number of pyridine rings is 1. The van der Waals surface area contributed by atoms with Crippen LogP contribution in [-0.2, 0) is 11.2 Å². The van der Waals surface area contributed by atoms with E-state index >= 15 is 0 Å². The number of hydrogen-bond acceptors (Lipinski definition) is 3. The van der Waals surface area contributed by atoms with Gasteiger partial charge in [-0.15, -0.1) is 0 Å². The molecule has 0 saturated heterocycles. The van der Waals surface area contributed by atoms with Gasteiger partial charge < -0.3 is 15.0 Å². The first-order valence-electron chi connectivity index (χ1n) is 7.05. The zero-order valence-electron chi connectivity index (χ0n) is 11.6. The van der Waals surface area contributed by atoms with Gasteiger partial charge in [0.05, 0.1) is 13.3 Å². The molecule has 0 aliphatic heterocycles. The van der Waals surface area contributed by atoms with Crippen molar-refractivity contribution in [3.63, 3.8) is 0 Å². The van der Waals surface area contributed by atoms with Crippen molar-refractivity contribution in [2.75, 3.05) is 13.7 Å². The lowest BCUT2D eigenvalue weighted by Crippen LogP contribution is -2.35. The van der Waals surface area contributed by atoms with E-state index in [1.165, 1.54) is 6.42 Å². The highest BCUT2D eigenvalue weighted by molar-refractivity contribution is 5.81. The Morgan fingerprint density at radius 2 is 2.40 bits per heavy atom. The summed E-state index contributed by atoms with van der Waals surface area (Å²) in [5, 5.41) is 4.07. The van der Waals surface area contributed by atoms with E-state index in [-0.39, 0.29) is 11.8 Å². The minimum absolute atomic E-state index is 0.201. The predicted octanol–water partition coefficient (Wildman–Crippen LogP) is 2.03. The van der Waals surface area contributed by atoms with Crippen molar-refractivity contribution in [2.24, 2.45) is 5.92 Å². The first kappa shape index (κ1) is 13.0.